The number of amides is 2. The van der Waals surface area contributed by atoms with Crippen LogP contribution in [0.2, 0.25) is 0 Å². The maximum Gasteiger partial charge on any atom is 0.259 e. The highest BCUT2D eigenvalue weighted by molar-refractivity contribution is 5.98. The molecule has 38 heavy (non-hydrogen) atoms. The standard InChI is InChI=1S/C30H33N3O5/c1-5-9-24-16-23(17-27(37-6-2)29(24)38-20-22-14-12-21(3)13-15-22)18-32-33-28(34)19-31-30(35)25-10-7-8-11-26(25)36-4/h5,7-8,10-18H,1,6,9,19-20H2,2-4H3,(H,31,35)(H,33,34). The number of ether oxygens (including phenoxy) is 3. The zero-order chi connectivity index (χ0) is 27.3. The molecule has 0 fully saturated rings. The minimum Gasteiger partial charge on any atom is -0.496 e. The van der Waals surface area contributed by atoms with Crippen LogP contribution in [0.3, 0.4) is 0 Å². The minimum absolute atomic E-state index is 0.244. The van der Waals surface area contributed by atoms with Gasteiger partial charge in [0.15, 0.2) is 11.5 Å². The summed E-state index contributed by atoms with van der Waals surface area (Å²) in [6.07, 6.45) is 3.86. The Bertz CT molecular complexity index is 1290. The van der Waals surface area contributed by atoms with Crippen molar-refractivity contribution >= 4 is 18.0 Å². The number of rotatable bonds is 13. The summed E-state index contributed by atoms with van der Waals surface area (Å²) in [6, 6.07) is 18.7. The van der Waals surface area contributed by atoms with Gasteiger partial charge in [-0.25, -0.2) is 5.43 Å². The Kier molecular flexibility index (Phi) is 10.5. The molecule has 0 radical (unpaired) electrons. The summed E-state index contributed by atoms with van der Waals surface area (Å²) in [5, 5.41) is 6.60. The fourth-order valence-corrected chi connectivity index (χ4v) is 3.64. The maximum absolute atomic E-state index is 12.4. The van der Waals surface area contributed by atoms with Crippen molar-refractivity contribution in [3.05, 3.63) is 101 Å². The van der Waals surface area contributed by atoms with Crippen LogP contribution in [-0.4, -0.2) is 38.3 Å². The highest BCUT2D eigenvalue weighted by Crippen LogP contribution is 2.34. The minimum atomic E-state index is -0.473. The fraction of sp³-hybridized carbons (Fsp3) is 0.233. The third-order valence-electron chi connectivity index (χ3n) is 5.49. The highest BCUT2D eigenvalue weighted by atomic mass is 16.5. The Balaban J connectivity index is 1.66. The van der Waals surface area contributed by atoms with Crippen molar-refractivity contribution in [3.8, 4) is 17.2 Å². The normalized spacial score (nSPS) is 10.6. The third-order valence-corrected chi connectivity index (χ3v) is 5.49. The molecule has 0 saturated carbocycles. The van der Waals surface area contributed by atoms with Gasteiger partial charge in [-0.2, -0.15) is 5.10 Å². The first kappa shape index (κ1) is 28.0. The Morgan fingerprint density at radius 1 is 1.03 bits per heavy atom. The van der Waals surface area contributed by atoms with Gasteiger partial charge in [0.2, 0.25) is 0 Å². The fourth-order valence-electron chi connectivity index (χ4n) is 3.64. The molecule has 0 bridgehead atoms. The summed E-state index contributed by atoms with van der Waals surface area (Å²) in [6.45, 7) is 8.41. The van der Waals surface area contributed by atoms with Gasteiger partial charge in [-0.05, 0) is 55.7 Å². The number of hydrogen-bond donors (Lipinski definition) is 2. The smallest absolute Gasteiger partial charge is 0.259 e. The number of para-hydroxylation sites is 1. The van der Waals surface area contributed by atoms with Gasteiger partial charge in [0.05, 0.1) is 32.0 Å². The van der Waals surface area contributed by atoms with E-state index in [2.05, 4.69) is 22.4 Å². The molecular formula is C30H33N3O5. The average molecular weight is 516 g/mol. The van der Waals surface area contributed by atoms with Gasteiger partial charge in [0.1, 0.15) is 12.4 Å². The van der Waals surface area contributed by atoms with Crippen molar-refractivity contribution in [2.45, 2.75) is 26.9 Å². The van der Waals surface area contributed by atoms with Crippen LogP contribution >= 0.6 is 0 Å². The van der Waals surface area contributed by atoms with Gasteiger partial charge in [0.25, 0.3) is 11.8 Å². The van der Waals surface area contributed by atoms with E-state index in [1.54, 1.807) is 36.4 Å². The molecule has 0 aliphatic heterocycles. The first-order chi connectivity index (χ1) is 18.4. The van der Waals surface area contributed by atoms with Crippen LogP contribution in [0.5, 0.6) is 17.2 Å². The maximum atomic E-state index is 12.4. The SMILES string of the molecule is C=CCc1cc(C=NNC(=O)CNC(=O)c2ccccc2OC)cc(OCC)c1OCc1ccc(C)cc1. The summed E-state index contributed by atoms with van der Waals surface area (Å²) in [4.78, 5) is 24.6. The molecule has 0 aliphatic carbocycles. The number of methoxy groups -OCH3 is 1. The van der Waals surface area contributed by atoms with Crippen molar-refractivity contribution in [2.75, 3.05) is 20.3 Å². The van der Waals surface area contributed by atoms with Crippen molar-refractivity contribution in [1.82, 2.24) is 10.7 Å². The van der Waals surface area contributed by atoms with E-state index in [0.717, 1.165) is 11.1 Å². The number of carbonyl (C=O) groups is 2. The quantitative estimate of drug-likeness (QED) is 0.197. The van der Waals surface area contributed by atoms with Gasteiger partial charge in [-0.1, -0.05) is 48.0 Å². The average Bonchev–Trinajstić information content (AvgIpc) is 2.92. The van der Waals surface area contributed by atoms with E-state index in [1.807, 2.05) is 44.2 Å². The molecule has 2 N–H and O–H groups in total. The predicted molar refractivity (Wildman–Crippen MR) is 148 cm³/mol. The number of allylic oxidation sites excluding steroid dienone is 1. The Hall–Kier alpha value is -4.59. The monoisotopic (exact) mass is 515 g/mol. The molecule has 3 aromatic carbocycles. The van der Waals surface area contributed by atoms with Crippen molar-refractivity contribution in [3.63, 3.8) is 0 Å². The number of nitrogens with one attached hydrogen (secondary N) is 2. The molecule has 0 saturated heterocycles. The van der Waals surface area contributed by atoms with Crippen LogP contribution in [-0.2, 0) is 17.8 Å². The van der Waals surface area contributed by atoms with E-state index in [1.165, 1.54) is 18.9 Å². The number of hydrazone groups is 1. The first-order valence-corrected chi connectivity index (χ1v) is 12.3. The molecule has 2 amide bonds. The molecule has 3 rings (SSSR count). The molecule has 8 heteroatoms. The number of aryl methyl sites for hydroxylation is 1. The summed E-state index contributed by atoms with van der Waals surface area (Å²) in [5.41, 5.74) is 6.60. The molecule has 0 aromatic heterocycles. The Morgan fingerprint density at radius 2 is 1.79 bits per heavy atom. The molecule has 0 atom stereocenters. The summed E-state index contributed by atoms with van der Waals surface area (Å²) < 4.78 is 17.2. The second-order valence-corrected chi connectivity index (χ2v) is 8.38. The largest absolute Gasteiger partial charge is 0.496 e. The van der Waals surface area contributed by atoms with Crippen LogP contribution in [0.25, 0.3) is 0 Å². The van der Waals surface area contributed by atoms with E-state index in [0.29, 0.717) is 48.0 Å². The molecule has 0 spiro atoms. The number of hydrogen-bond acceptors (Lipinski definition) is 6. The van der Waals surface area contributed by atoms with Gasteiger partial charge in [0, 0.05) is 5.56 Å². The number of benzene rings is 3. The zero-order valence-corrected chi connectivity index (χ0v) is 22.0. The molecule has 0 unspecified atom stereocenters. The van der Waals surface area contributed by atoms with Gasteiger partial charge in [-0.3, -0.25) is 9.59 Å². The van der Waals surface area contributed by atoms with E-state index >= 15 is 0 Å². The second-order valence-electron chi connectivity index (χ2n) is 8.38. The Labute approximate surface area is 223 Å². The van der Waals surface area contributed by atoms with Gasteiger partial charge >= 0.3 is 0 Å². The number of nitrogens with zero attached hydrogens (tertiary/aromatic N) is 1. The van der Waals surface area contributed by atoms with Crippen LogP contribution in [0.1, 0.15) is 39.5 Å². The van der Waals surface area contributed by atoms with Crippen molar-refractivity contribution in [2.24, 2.45) is 5.10 Å². The second kappa shape index (κ2) is 14.2. The van der Waals surface area contributed by atoms with Crippen LogP contribution in [0, 0.1) is 6.92 Å². The van der Waals surface area contributed by atoms with E-state index in [9.17, 15) is 9.59 Å². The lowest BCUT2D eigenvalue weighted by molar-refractivity contribution is -0.120. The summed E-state index contributed by atoms with van der Waals surface area (Å²) in [5.74, 6) is 0.760. The van der Waals surface area contributed by atoms with E-state index in [4.69, 9.17) is 14.2 Å². The number of carbonyl (C=O) groups excluding carboxylic acids is 2. The first-order valence-electron chi connectivity index (χ1n) is 12.3. The van der Waals surface area contributed by atoms with Crippen LogP contribution in [0.4, 0.5) is 0 Å². The molecular weight excluding hydrogens is 482 g/mol. The molecule has 3 aromatic rings. The lowest BCUT2D eigenvalue weighted by Gasteiger charge is -2.17. The highest BCUT2D eigenvalue weighted by Gasteiger charge is 2.14. The Morgan fingerprint density at radius 3 is 2.50 bits per heavy atom. The molecule has 198 valence electrons. The van der Waals surface area contributed by atoms with Crippen molar-refractivity contribution in [1.29, 1.82) is 0 Å². The topological polar surface area (TPSA) is 98.3 Å². The summed E-state index contributed by atoms with van der Waals surface area (Å²) in [7, 11) is 1.48. The predicted octanol–water partition coefficient (Wildman–Crippen LogP) is 4.59. The lowest BCUT2D eigenvalue weighted by Crippen LogP contribution is -2.35. The van der Waals surface area contributed by atoms with E-state index in [-0.39, 0.29) is 6.54 Å². The molecule has 0 aliphatic rings. The van der Waals surface area contributed by atoms with Gasteiger partial charge in [-0.15, -0.1) is 6.58 Å². The lowest BCUT2D eigenvalue weighted by atomic mass is 10.1. The summed E-state index contributed by atoms with van der Waals surface area (Å²) >= 11 is 0. The van der Waals surface area contributed by atoms with Crippen molar-refractivity contribution < 1.29 is 23.8 Å². The third kappa shape index (κ3) is 7.96. The van der Waals surface area contributed by atoms with Gasteiger partial charge < -0.3 is 19.5 Å². The zero-order valence-electron chi connectivity index (χ0n) is 22.0. The van der Waals surface area contributed by atoms with E-state index < -0.39 is 11.8 Å². The van der Waals surface area contributed by atoms with Crippen LogP contribution in [0.15, 0.2) is 78.4 Å². The molecule has 8 nitrogen and oxygen atoms in total. The molecule has 0 heterocycles. The van der Waals surface area contributed by atoms with Crippen LogP contribution < -0.4 is 25.0 Å².